The van der Waals surface area contributed by atoms with E-state index in [0.29, 0.717) is 12.0 Å². The molecule has 2 atom stereocenters. The highest BCUT2D eigenvalue weighted by Gasteiger charge is 2.51. The number of urea groups is 1. The standard InChI is InChI=1S/C21H21ClN4O5/c1-3-21(14-8-5-4-6-9-14)19(29)26(20(30)25-21)12-16(27)31-13(2)18(28)24-15-10-7-11-23-17(15)22/h4-11,13H,3,12H2,1-2H3,(H,24,28)(H,25,30). The van der Waals surface area contributed by atoms with Crippen molar-refractivity contribution in [1.29, 1.82) is 0 Å². The highest BCUT2D eigenvalue weighted by atomic mass is 35.5. The summed E-state index contributed by atoms with van der Waals surface area (Å²) in [7, 11) is 0. The Kier molecular flexibility index (Phi) is 6.55. The molecule has 2 aromatic rings. The fraction of sp³-hybridized carbons (Fsp3) is 0.286. The molecule has 31 heavy (non-hydrogen) atoms. The lowest BCUT2D eigenvalue weighted by molar-refractivity contribution is -0.155. The number of hydrogen-bond donors (Lipinski definition) is 2. The molecule has 0 radical (unpaired) electrons. The van der Waals surface area contributed by atoms with Crippen LogP contribution in [-0.4, -0.2) is 46.3 Å². The van der Waals surface area contributed by atoms with Crippen LogP contribution in [0.15, 0.2) is 48.7 Å². The molecule has 2 heterocycles. The molecule has 3 rings (SSSR count). The second-order valence-electron chi connectivity index (χ2n) is 6.91. The summed E-state index contributed by atoms with van der Waals surface area (Å²) in [4.78, 5) is 54.7. The highest BCUT2D eigenvalue weighted by molar-refractivity contribution is 6.32. The van der Waals surface area contributed by atoms with E-state index in [4.69, 9.17) is 16.3 Å². The van der Waals surface area contributed by atoms with E-state index in [2.05, 4.69) is 15.6 Å². The molecule has 2 N–H and O–H groups in total. The molecule has 4 amide bonds. The molecule has 1 saturated heterocycles. The normalized spacial score (nSPS) is 19.0. The van der Waals surface area contributed by atoms with Gasteiger partial charge in [-0.25, -0.2) is 9.78 Å². The summed E-state index contributed by atoms with van der Waals surface area (Å²) in [5.41, 5.74) is -0.367. The number of carbonyl (C=O) groups is 4. The van der Waals surface area contributed by atoms with Gasteiger partial charge in [0, 0.05) is 6.20 Å². The van der Waals surface area contributed by atoms with Gasteiger partial charge in [-0.15, -0.1) is 0 Å². The number of pyridine rings is 1. The first-order chi connectivity index (χ1) is 14.8. The molecule has 1 fully saturated rings. The number of ether oxygens (including phenoxy) is 1. The number of esters is 1. The number of amides is 4. The monoisotopic (exact) mass is 444 g/mol. The molecule has 1 aromatic heterocycles. The van der Waals surface area contributed by atoms with Gasteiger partial charge in [-0.05, 0) is 31.0 Å². The number of nitrogens with one attached hydrogen (secondary N) is 2. The van der Waals surface area contributed by atoms with E-state index in [-0.39, 0.29) is 10.8 Å². The minimum atomic E-state index is -1.25. The number of hydrogen-bond acceptors (Lipinski definition) is 6. The zero-order chi connectivity index (χ0) is 22.6. The Morgan fingerprint density at radius 2 is 1.94 bits per heavy atom. The summed E-state index contributed by atoms with van der Waals surface area (Å²) in [6.45, 7) is 2.51. The maximum absolute atomic E-state index is 13.0. The minimum Gasteiger partial charge on any atom is -0.451 e. The molecule has 1 aliphatic heterocycles. The van der Waals surface area contributed by atoms with E-state index in [1.807, 2.05) is 0 Å². The highest BCUT2D eigenvalue weighted by Crippen LogP contribution is 2.32. The maximum Gasteiger partial charge on any atom is 0.327 e. The smallest absolute Gasteiger partial charge is 0.327 e. The lowest BCUT2D eigenvalue weighted by atomic mass is 9.87. The third-order valence-electron chi connectivity index (χ3n) is 4.95. The molecule has 1 aliphatic rings. The van der Waals surface area contributed by atoms with Crippen molar-refractivity contribution in [1.82, 2.24) is 15.2 Å². The van der Waals surface area contributed by atoms with Gasteiger partial charge in [0.1, 0.15) is 12.1 Å². The summed E-state index contributed by atoms with van der Waals surface area (Å²) < 4.78 is 5.10. The number of anilines is 1. The Balaban J connectivity index is 1.65. The predicted molar refractivity (Wildman–Crippen MR) is 112 cm³/mol. The van der Waals surface area contributed by atoms with Crippen molar-refractivity contribution in [3.05, 3.63) is 59.4 Å². The number of carbonyl (C=O) groups excluding carboxylic acids is 4. The van der Waals surface area contributed by atoms with Crippen LogP contribution >= 0.6 is 11.6 Å². The molecule has 1 aromatic carbocycles. The van der Waals surface area contributed by atoms with Crippen molar-refractivity contribution in [2.45, 2.75) is 31.9 Å². The van der Waals surface area contributed by atoms with Crippen LogP contribution in [0.2, 0.25) is 5.15 Å². The van der Waals surface area contributed by atoms with Gasteiger partial charge in [-0.3, -0.25) is 19.3 Å². The quantitative estimate of drug-likeness (QED) is 0.385. The Morgan fingerprint density at radius 1 is 1.23 bits per heavy atom. The van der Waals surface area contributed by atoms with Crippen LogP contribution in [0.3, 0.4) is 0 Å². The summed E-state index contributed by atoms with van der Waals surface area (Å²) in [6, 6.07) is 11.2. The van der Waals surface area contributed by atoms with Gasteiger partial charge in [-0.1, -0.05) is 48.9 Å². The van der Waals surface area contributed by atoms with Gasteiger partial charge < -0.3 is 15.4 Å². The largest absolute Gasteiger partial charge is 0.451 e. The summed E-state index contributed by atoms with van der Waals surface area (Å²) >= 11 is 5.89. The maximum atomic E-state index is 13.0. The van der Waals surface area contributed by atoms with Crippen LogP contribution in [0.25, 0.3) is 0 Å². The fourth-order valence-corrected chi connectivity index (χ4v) is 3.43. The Bertz CT molecular complexity index is 1020. The molecular formula is C21H21ClN4O5. The van der Waals surface area contributed by atoms with Crippen molar-refractivity contribution in [3.63, 3.8) is 0 Å². The first-order valence-corrected chi connectivity index (χ1v) is 9.96. The summed E-state index contributed by atoms with van der Waals surface area (Å²) in [6.07, 6.45) is 0.581. The van der Waals surface area contributed by atoms with Crippen LogP contribution in [0.1, 0.15) is 25.8 Å². The van der Waals surface area contributed by atoms with E-state index in [9.17, 15) is 19.2 Å². The van der Waals surface area contributed by atoms with Crippen LogP contribution in [0, 0.1) is 0 Å². The van der Waals surface area contributed by atoms with Crippen molar-refractivity contribution < 1.29 is 23.9 Å². The zero-order valence-corrected chi connectivity index (χ0v) is 17.7. The Hall–Kier alpha value is -3.46. The SMILES string of the molecule is CCC1(c2ccccc2)NC(=O)N(CC(=O)OC(C)C(=O)Nc2cccnc2Cl)C1=O. The van der Waals surface area contributed by atoms with Crippen molar-refractivity contribution in [3.8, 4) is 0 Å². The lowest BCUT2D eigenvalue weighted by Gasteiger charge is -2.25. The van der Waals surface area contributed by atoms with Gasteiger partial charge in [0.25, 0.3) is 11.8 Å². The van der Waals surface area contributed by atoms with E-state index < -0.39 is 42.0 Å². The number of halogens is 1. The van der Waals surface area contributed by atoms with Gasteiger partial charge in [0.05, 0.1) is 5.69 Å². The minimum absolute atomic E-state index is 0.0885. The van der Waals surface area contributed by atoms with Gasteiger partial charge in [0.15, 0.2) is 11.3 Å². The van der Waals surface area contributed by atoms with Crippen LogP contribution in [-0.2, 0) is 24.7 Å². The molecular weight excluding hydrogens is 424 g/mol. The van der Waals surface area contributed by atoms with E-state index >= 15 is 0 Å². The lowest BCUT2D eigenvalue weighted by Crippen LogP contribution is -2.44. The third-order valence-corrected chi connectivity index (χ3v) is 5.26. The average Bonchev–Trinajstić information content (AvgIpc) is 3.01. The second kappa shape index (κ2) is 9.13. The molecule has 0 bridgehead atoms. The second-order valence-corrected chi connectivity index (χ2v) is 7.27. The zero-order valence-electron chi connectivity index (χ0n) is 16.9. The third kappa shape index (κ3) is 4.51. The molecule has 0 aliphatic carbocycles. The molecule has 162 valence electrons. The van der Waals surface area contributed by atoms with E-state index in [1.165, 1.54) is 13.1 Å². The van der Waals surface area contributed by atoms with Crippen molar-refractivity contribution in [2.75, 3.05) is 11.9 Å². The van der Waals surface area contributed by atoms with E-state index in [0.717, 1.165) is 4.90 Å². The van der Waals surface area contributed by atoms with Gasteiger partial charge in [0.2, 0.25) is 0 Å². The predicted octanol–water partition coefficient (Wildman–Crippen LogP) is 2.46. The molecule has 0 spiro atoms. The van der Waals surface area contributed by atoms with Crippen LogP contribution in [0.5, 0.6) is 0 Å². The molecule has 2 unspecified atom stereocenters. The summed E-state index contributed by atoms with van der Waals surface area (Å²) in [5.74, 6) is -2.08. The molecule has 0 saturated carbocycles. The van der Waals surface area contributed by atoms with Crippen LogP contribution in [0.4, 0.5) is 10.5 Å². The number of benzene rings is 1. The number of nitrogens with zero attached hydrogens (tertiary/aromatic N) is 2. The molecule has 10 heteroatoms. The first kappa shape index (κ1) is 22.2. The molecule has 9 nitrogen and oxygen atoms in total. The number of imide groups is 1. The average molecular weight is 445 g/mol. The van der Waals surface area contributed by atoms with E-state index in [1.54, 1.807) is 49.4 Å². The Morgan fingerprint density at radius 3 is 2.58 bits per heavy atom. The first-order valence-electron chi connectivity index (χ1n) is 9.59. The number of aromatic nitrogens is 1. The van der Waals surface area contributed by atoms with Crippen molar-refractivity contribution >= 4 is 41.1 Å². The fourth-order valence-electron chi connectivity index (χ4n) is 3.26. The van der Waals surface area contributed by atoms with Crippen LogP contribution < -0.4 is 10.6 Å². The van der Waals surface area contributed by atoms with Crippen molar-refractivity contribution in [2.24, 2.45) is 0 Å². The number of rotatable bonds is 7. The summed E-state index contributed by atoms with van der Waals surface area (Å²) in [5, 5.41) is 5.27. The van der Waals surface area contributed by atoms with Gasteiger partial charge >= 0.3 is 12.0 Å². The Labute approximate surface area is 183 Å². The topological polar surface area (TPSA) is 118 Å². The van der Waals surface area contributed by atoms with Gasteiger partial charge in [-0.2, -0.15) is 0 Å².